The molecule has 2 rings (SSSR count). The standard InChI is InChI=1S/C14H23BrN4O2/c1-3-16-11-5-4-6-18(10-11)12-9-17-19(7-8-21-2)14(20)13(12)15/h9,11,16H,3-8,10H2,1-2H3. The van der Waals surface area contributed by atoms with Crippen molar-refractivity contribution >= 4 is 21.6 Å². The van der Waals surface area contributed by atoms with Gasteiger partial charge >= 0.3 is 0 Å². The Morgan fingerprint density at radius 1 is 1.57 bits per heavy atom. The van der Waals surface area contributed by atoms with Gasteiger partial charge in [-0.05, 0) is 35.3 Å². The van der Waals surface area contributed by atoms with Crippen molar-refractivity contribution in [3.05, 3.63) is 21.0 Å². The van der Waals surface area contributed by atoms with E-state index in [0.717, 1.165) is 31.7 Å². The van der Waals surface area contributed by atoms with Gasteiger partial charge in [0.05, 0.1) is 25.0 Å². The lowest BCUT2D eigenvalue weighted by atomic mass is 10.1. The maximum atomic E-state index is 12.3. The lowest BCUT2D eigenvalue weighted by Gasteiger charge is -2.35. The van der Waals surface area contributed by atoms with Crippen LogP contribution in [-0.2, 0) is 11.3 Å². The number of hydrogen-bond donors (Lipinski definition) is 1. The van der Waals surface area contributed by atoms with Crippen LogP contribution in [0.15, 0.2) is 15.5 Å². The Morgan fingerprint density at radius 2 is 2.38 bits per heavy atom. The van der Waals surface area contributed by atoms with E-state index >= 15 is 0 Å². The number of anilines is 1. The van der Waals surface area contributed by atoms with Crippen LogP contribution in [0, 0.1) is 0 Å². The van der Waals surface area contributed by atoms with Crippen LogP contribution in [0.2, 0.25) is 0 Å². The number of likely N-dealkylation sites (N-methyl/N-ethyl adjacent to an activating group) is 1. The molecule has 21 heavy (non-hydrogen) atoms. The fourth-order valence-electron chi connectivity index (χ4n) is 2.67. The van der Waals surface area contributed by atoms with E-state index < -0.39 is 0 Å². The van der Waals surface area contributed by atoms with Gasteiger partial charge in [-0.3, -0.25) is 4.79 Å². The van der Waals surface area contributed by atoms with E-state index in [1.54, 1.807) is 13.3 Å². The van der Waals surface area contributed by atoms with E-state index in [2.05, 4.69) is 38.2 Å². The van der Waals surface area contributed by atoms with Crippen LogP contribution in [0.4, 0.5) is 5.69 Å². The molecule has 1 N–H and O–H groups in total. The molecule has 0 spiro atoms. The van der Waals surface area contributed by atoms with Crippen molar-refractivity contribution in [2.75, 3.05) is 38.3 Å². The number of piperidine rings is 1. The third kappa shape index (κ3) is 4.05. The van der Waals surface area contributed by atoms with Gasteiger partial charge in [-0.15, -0.1) is 0 Å². The molecule has 0 amide bonds. The summed E-state index contributed by atoms with van der Waals surface area (Å²) in [7, 11) is 1.61. The van der Waals surface area contributed by atoms with Crippen molar-refractivity contribution < 1.29 is 4.74 Å². The molecule has 0 radical (unpaired) electrons. The predicted octanol–water partition coefficient (Wildman–Crippen LogP) is 1.23. The van der Waals surface area contributed by atoms with Gasteiger partial charge in [0.15, 0.2) is 0 Å². The van der Waals surface area contributed by atoms with E-state index in [1.807, 2.05) is 0 Å². The number of nitrogens with zero attached hydrogens (tertiary/aromatic N) is 3. The van der Waals surface area contributed by atoms with Crippen molar-refractivity contribution in [2.24, 2.45) is 0 Å². The molecule has 1 aromatic heterocycles. The second-order valence-electron chi connectivity index (χ2n) is 5.21. The average Bonchev–Trinajstić information content (AvgIpc) is 2.49. The highest BCUT2D eigenvalue weighted by molar-refractivity contribution is 9.10. The summed E-state index contributed by atoms with van der Waals surface area (Å²) < 4.78 is 7.02. The van der Waals surface area contributed by atoms with Crippen LogP contribution in [-0.4, -0.2) is 49.2 Å². The number of aromatic nitrogens is 2. The third-order valence-electron chi connectivity index (χ3n) is 3.73. The van der Waals surface area contributed by atoms with Gasteiger partial charge in [-0.1, -0.05) is 6.92 Å². The summed E-state index contributed by atoms with van der Waals surface area (Å²) in [6.45, 7) is 5.91. The Labute approximate surface area is 133 Å². The molecular formula is C14H23BrN4O2. The maximum absolute atomic E-state index is 12.3. The second kappa shape index (κ2) is 7.91. The molecular weight excluding hydrogens is 336 g/mol. The van der Waals surface area contributed by atoms with Crippen LogP contribution in [0.3, 0.4) is 0 Å². The molecule has 1 aromatic rings. The molecule has 118 valence electrons. The van der Waals surface area contributed by atoms with Gasteiger partial charge < -0.3 is 15.0 Å². The number of methoxy groups -OCH3 is 1. The summed E-state index contributed by atoms with van der Waals surface area (Å²) in [6, 6.07) is 0.478. The molecule has 0 saturated carbocycles. The lowest BCUT2D eigenvalue weighted by Crippen LogP contribution is -2.46. The summed E-state index contributed by atoms with van der Waals surface area (Å²) in [5.74, 6) is 0. The summed E-state index contributed by atoms with van der Waals surface area (Å²) in [4.78, 5) is 14.5. The monoisotopic (exact) mass is 358 g/mol. The molecule has 6 nitrogen and oxygen atoms in total. The molecule has 0 aliphatic carbocycles. The second-order valence-corrected chi connectivity index (χ2v) is 6.00. The fourth-order valence-corrected chi connectivity index (χ4v) is 3.22. The SMILES string of the molecule is CCNC1CCCN(c2cnn(CCOC)c(=O)c2Br)C1. The zero-order valence-corrected chi connectivity index (χ0v) is 14.2. The average molecular weight is 359 g/mol. The van der Waals surface area contributed by atoms with E-state index in [0.29, 0.717) is 23.7 Å². The first-order valence-electron chi connectivity index (χ1n) is 7.40. The van der Waals surface area contributed by atoms with Gasteiger partial charge in [-0.2, -0.15) is 5.10 Å². The minimum Gasteiger partial charge on any atom is -0.383 e. The Hall–Kier alpha value is -0.920. The number of halogens is 1. The topological polar surface area (TPSA) is 59.4 Å². The van der Waals surface area contributed by atoms with Crippen molar-refractivity contribution in [3.8, 4) is 0 Å². The van der Waals surface area contributed by atoms with Crippen molar-refractivity contribution in [3.63, 3.8) is 0 Å². The molecule has 1 unspecified atom stereocenters. The summed E-state index contributed by atoms with van der Waals surface area (Å²) in [6.07, 6.45) is 4.08. The van der Waals surface area contributed by atoms with Gasteiger partial charge in [0.25, 0.3) is 5.56 Å². The Bertz CT molecular complexity index is 518. The lowest BCUT2D eigenvalue weighted by molar-refractivity contribution is 0.181. The minimum absolute atomic E-state index is 0.102. The Balaban J connectivity index is 2.16. The quantitative estimate of drug-likeness (QED) is 0.828. The van der Waals surface area contributed by atoms with E-state index in [4.69, 9.17) is 4.74 Å². The van der Waals surface area contributed by atoms with Crippen LogP contribution >= 0.6 is 15.9 Å². The van der Waals surface area contributed by atoms with Crippen LogP contribution in [0.25, 0.3) is 0 Å². The minimum atomic E-state index is -0.102. The summed E-state index contributed by atoms with van der Waals surface area (Å²) >= 11 is 3.44. The Morgan fingerprint density at radius 3 is 3.10 bits per heavy atom. The summed E-state index contributed by atoms with van der Waals surface area (Å²) in [5.41, 5.74) is 0.784. The van der Waals surface area contributed by atoms with Crippen molar-refractivity contribution in [2.45, 2.75) is 32.4 Å². The van der Waals surface area contributed by atoms with Gasteiger partial charge in [0.2, 0.25) is 0 Å². The highest BCUT2D eigenvalue weighted by Crippen LogP contribution is 2.25. The number of ether oxygens (including phenoxy) is 1. The number of hydrogen-bond acceptors (Lipinski definition) is 5. The smallest absolute Gasteiger partial charge is 0.283 e. The first-order chi connectivity index (χ1) is 10.2. The van der Waals surface area contributed by atoms with Crippen molar-refractivity contribution in [1.82, 2.24) is 15.1 Å². The zero-order chi connectivity index (χ0) is 15.2. The van der Waals surface area contributed by atoms with E-state index in [9.17, 15) is 4.79 Å². The molecule has 1 aliphatic rings. The maximum Gasteiger partial charge on any atom is 0.283 e. The molecule has 1 atom stereocenters. The molecule has 0 bridgehead atoms. The largest absolute Gasteiger partial charge is 0.383 e. The summed E-state index contributed by atoms with van der Waals surface area (Å²) in [5, 5.41) is 7.74. The number of nitrogens with one attached hydrogen (secondary N) is 1. The van der Waals surface area contributed by atoms with Crippen LogP contribution < -0.4 is 15.8 Å². The van der Waals surface area contributed by atoms with E-state index in [-0.39, 0.29) is 5.56 Å². The molecule has 1 fully saturated rings. The first-order valence-corrected chi connectivity index (χ1v) is 8.19. The molecule has 2 heterocycles. The van der Waals surface area contributed by atoms with Crippen molar-refractivity contribution in [1.29, 1.82) is 0 Å². The fraction of sp³-hybridized carbons (Fsp3) is 0.714. The first kappa shape index (κ1) is 16.5. The molecule has 1 saturated heterocycles. The normalized spacial score (nSPS) is 19.0. The number of rotatable bonds is 6. The van der Waals surface area contributed by atoms with Crippen LogP contribution in [0.1, 0.15) is 19.8 Å². The highest BCUT2D eigenvalue weighted by atomic mass is 79.9. The molecule has 1 aliphatic heterocycles. The molecule has 7 heteroatoms. The Kier molecular flexibility index (Phi) is 6.20. The van der Waals surface area contributed by atoms with Crippen LogP contribution in [0.5, 0.6) is 0 Å². The predicted molar refractivity (Wildman–Crippen MR) is 87.0 cm³/mol. The zero-order valence-electron chi connectivity index (χ0n) is 12.6. The van der Waals surface area contributed by atoms with Gasteiger partial charge in [0.1, 0.15) is 4.47 Å². The van der Waals surface area contributed by atoms with Gasteiger partial charge in [0, 0.05) is 26.2 Å². The third-order valence-corrected chi connectivity index (χ3v) is 4.47. The molecule has 0 aromatic carbocycles. The van der Waals surface area contributed by atoms with E-state index in [1.165, 1.54) is 11.1 Å². The van der Waals surface area contributed by atoms with Gasteiger partial charge in [-0.25, -0.2) is 4.68 Å². The highest BCUT2D eigenvalue weighted by Gasteiger charge is 2.22.